The number of hydrogen-bond donors (Lipinski definition) is 3. The highest BCUT2D eigenvalue weighted by atomic mass is 79.9. The van der Waals surface area contributed by atoms with E-state index in [1.165, 1.54) is 0 Å². The second kappa shape index (κ2) is 8.65. The van der Waals surface area contributed by atoms with Gasteiger partial charge in [-0.2, -0.15) is 5.10 Å². The second-order valence-electron chi connectivity index (χ2n) is 3.93. The van der Waals surface area contributed by atoms with Gasteiger partial charge in [-0.15, -0.1) is 0 Å². The molecule has 1 aromatic rings. The van der Waals surface area contributed by atoms with Crippen LogP contribution in [0.4, 0.5) is 0 Å². The molecule has 0 saturated heterocycles. The van der Waals surface area contributed by atoms with E-state index in [1.54, 1.807) is 0 Å². The average molecular weight is 358 g/mol. The highest BCUT2D eigenvalue weighted by molar-refractivity contribution is 9.10. The molecule has 0 saturated carbocycles. The highest BCUT2D eigenvalue weighted by Gasteiger charge is 2.07. The molecule has 108 valence electrons. The van der Waals surface area contributed by atoms with E-state index in [2.05, 4.69) is 31.8 Å². The lowest BCUT2D eigenvalue weighted by atomic mass is 10.1. The van der Waals surface area contributed by atoms with E-state index in [0.29, 0.717) is 23.8 Å². The van der Waals surface area contributed by atoms with Crippen molar-refractivity contribution in [2.75, 3.05) is 6.54 Å². The number of thiocarbonyl (C=S) groups is 1. The molecule has 1 rings (SSSR count). The number of hydrazone groups is 1. The van der Waals surface area contributed by atoms with E-state index < -0.39 is 5.97 Å². The second-order valence-corrected chi connectivity index (χ2v) is 5.25. The zero-order chi connectivity index (χ0) is 15.0. The number of hydrogen-bond acceptors (Lipinski definition) is 3. The van der Waals surface area contributed by atoms with Gasteiger partial charge >= 0.3 is 5.97 Å². The zero-order valence-corrected chi connectivity index (χ0v) is 13.4. The maximum Gasteiger partial charge on any atom is 0.303 e. The van der Waals surface area contributed by atoms with Crippen molar-refractivity contribution in [3.8, 4) is 0 Å². The molecule has 0 fully saturated rings. The number of nitrogens with one attached hydrogen (secondary N) is 2. The van der Waals surface area contributed by atoms with Gasteiger partial charge in [-0.25, -0.2) is 0 Å². The Kier molecular flexibility index (Phi) is 7.17. The van der Waals surface area contributed by atoms with Crippen LogP contribution in [0.2, 0.25) is 0 Å². The molecule has 0 amide bonds. The SMILES string of the molecule is CCNC(=S)N/N=C(/CCC(=O)O)c1ccc(Br)cc1. The third-order valence-corrected chi connectivity index (χ3v) is 3.15. The molecular weight excluding hydrogens is 342 g/mol. The first-order valence-corrected chi connectivity index (χ1v) is 7.31. The molecule has 1 aromatic carbocycles. The number of carboxylic acids is 1. The van der Waals surface area contributed by atoms with Crippen molar-refractivity contribution in [2.24, 2.45) is 5.10 Å². The molecule has 0 aliphatic carbocycles. The summed E-state index contributed by atoms with van der Waals surface area (Å²) in [5.41, 5.74) is 4.24. The summed E-state index contributed by atoms with van der Waals surface area (Å²) in [6.07, 6.45) is 0.350. The van der Waals surface area contributed by atoms with E-state index in [1.807, 2.05) is 31.2 Å². The Bertz CT molecular complexity index is 503. The van der Waals surface area contributed by atoms with Crippen LogP contribution in [0.3, 0.4) is 0 Å². The highest BCUT2D eigenvalue weighted by Crippen LogP contribution is 2.13. The van der Waals surface area contributed by atoms with Gasteiger partial charge < -0.3 is 10.4 Å². The van der Waals surface area contributed by atoms with Crippen molar-refractivity contribution in [1.29, 1.82) is 0 Å². The number of carboxylic acid groups (broad SMARTS) is 1. The Labute approximate surface area is 131 Å². The van der Waals surface area contributed by atoms with Gasteiger partial charge in [0.25, 0.3) is 0 Å². The van der Waals surface area contributed by atoms with Gasteiger partial charge in [0.1, 0.15) is 0 Å². The van der Waals surface area contributed by atoms with Crippen LogP contribution in [-0.2, 0) is 4.79 Å². The first-order chi connectivity index (χ1) is 9.52. The van der Waals surface area contributed by atoms with Crippen LogP contribution in [-0.4, -0.2) is 28.4 Å². The third-order valence-electron chi connectivity index (χ3n) is 2.38. The minimum absolute atomic E-state index is 0.0184. The number of rotatable bonds is 6. The Balaban J connectivity index is 2.83. The van der Waals surface area contributed by atoms with E-state index in [9.17, 15) is 4.79 Å². The largest absolute Gasteiger partial charge is 0.481 e. The number of carbonyl (C=O) groups is 1. The van der Waals surface area contributed by atoms with Crippen molar-refractivity contribution in [3.05, 3.63) is 34.3 Å². The average Bonchev–Trinajstić information content (AvgIpc) is 2.40. The minimum Gasteiger partial charge on any atom is -0.481 e. The summed E-state index contributed by atoms with van der Waals surface area (Å²) in [4.78, 5) is 10.7. The van der Waals surface area contributed by atoms with Crippen LogP contribution >= 0.6 is 28.1 Å². The number of benzene rings is 1. The van der Waals surface area contributed by atoms with Crippen molar-refractivity contribution in [3.63, 3.8) is 0 Å². The van der Waals surface area contributed by atoms with Gasteiger partial charge in [0.15, 0.2) is 5.11 Å². The van der Waals surface area contributed by atoms with E-state index in [0.717, 1.165) is 10.0 Å². The lowest BCUT2D eigenvalue weighted by Crippen LogP contribution is -2.32. The molecule has 0 spiro atoms. The summed E-state index contributed by atoms with van der Waals surface area (Å²) < 4.78 is 0.954. The Morgan fingerprint density at radius 1 is 1.35 bits per heavy atom. The molecule has 0 radical (unpaired) electrons. The quantitative estimate of drug-likeness (QED) is 0.414. The predicted molar refractivity (Wildman–Crippen MR) is 87.0 cm³/mol. The standard InChI is InChI=1S/C13H16BrN3O2S/c1-2-15-13(20)17-16-11(7-8-12(18)19)9-3-5-10(14)6-4-9/h3-6H,2,7-8H2,1H3,(H,18,19)(H2,15,17,20)/b16-11-. The summed E-state index contributed by atoms with van der Waals surface area (Å²) in [6, 6.07) is 7.52. The molecule has 0 heterocycles. The predicted octanol–water partition coefficient (Wildman–Crippen LogP) is 2.50. The van der Waals surface area contributed by atoms with E-state index in [-0.39, 0.29) is 6.42 Å². The number of aliphatic carboxylic acids is 1. The van der Waals surface area contributed by atoms with Gasteiger partial charge in [0, 0.05) is 17.4 Å². The summed E-state index contributed by atoms with van der Waals surface area (Å²) in [6.45, 7) is 2.63. The van der Waals surface area contributed by atoms with Gasteiger partial charge in [0.2, 0.25) is 0 Å². The molecule has 0 aromatic heterocycles. The van der Waals surface area contributed by atoms with E-state index in [4.69, 9.17) is 17.3 Å². The fourth-order valence-corrected chi connectivity index (χ4v) is 1.91. The van der Waals surface area contributed by atoms with Crippen molar-refractivity contribution >= 4 is 44.9 Å². The van der Waals surface area contributed by atoms with E-state index >= 15 is 0 Å². The molecule has 0 aliphatic rings. The fourth-order valence-electron chi connectivity index (χ4n) is 1.45. The summed E-state index contributed by atoms with van der Waals surface area (Å²) in [5.74, 6) is -0.857. The molecule has 0 atom stereocenters. The van der Waals surface area contributed by atoms with Gasteiger partial charge in [0.05, 0.1) is 12.1 Å². The third kappa shape index (κ3) is 6.12. The maximum atomic E-state index is 10.7. The fraction of sp³-hybridized carbons (Fsp3) is 0.308. The Hall–Kier alpha value is -1.47. The smallest absolute Gasteiger partial charge is 0.303 e. The molecule has 7 heteroatoms. The normalized spacial score (nSPS) is 11.0. The lowest BCUT2D eigenvalue weighted by Gasteiger charge is -2.08. The Morgan fingerprint density at radius 3 is 2.55 bits per heavy atom. The molecule has 20 heavy (non-hydrogen) atoms. The number of nitrogens with zero attached hydrogens (tertiary/aromatic N) is 1. The maximum absolute atomic E-state index is 10.7. The van der Waals surface area contributed by atoms with Crippen LogP contribution in [0, 0.1) is 0 Å². The van der Waals surface area contributed by atoms with Gasteiger partial charge in [-0.3, -0.25) is 10.2 Å². The minimum atomic E-state index is -0.857. The molecule has 5 nitrogen and oxygen atoms in total. The summed E-state index contributed by atoms with van der Waals surface area (Å²) in [5, 5.41) is 16.3. The van der Waals surface area contributed by atoms with Gasteiger partial charge in [-0.05, 0) is 36.8 Å². The molecule has 3 N–H and O–H groups in total. The molecule has 0 unspecified atom stereocenters. The first-order valence-electron chi connectivity index (χ1n) is 6.11. The molecule has 0 bridgehead atoms. The summed E-state index contributed by atoms with van der Waals surface area (Å²) in [7, 11) is 0. The van der Waals surface area contributed by atoms with Crippen molar-refractivity contribution in [2.45, 2.75) is 19.8 Å². The monoisotopic (exact) mass is 357 g/mol. The topological polar surface area (TPSA) is 73.7 Å². The van der Waals surface area contributed by atoms with Crippen LogP contribution in [0.1, 0.15) is 25.3 Å². The van der Waals surface area contributed by atoms with Crippen LogP contribution in [0.25, 0.3) is 0 Å². The molecular formula is C13H16BrN3O2S. The molecule has 0 aliphatic heterocycles. The van der Waals surface area contributed by atoms with Gasteiger partial charge in [-0.1, -0.05) is 28.1 Å². The van der Waals surface area contributed by atoms with Crippen LogP contribution in [0.15, 0.2) is 33.8 Å². The van der Waals surface area contributed by atoms with Crippen LogP contribution < -0.4 is 10.7 Å². The summed E-state index contributed by atoms with van der Waals surface area (Å²) >= 11 is 8.38. The Morgan fingerprint density at radius 2 is 2.00 bits per heavy atom. The first kappa shape index (κ1) is 16.6. The van der Waals surface area contributed by atoms with Crippen LogP contribution in [0.5, 0.6) is 0 Å². The number of halogens is 1. The lowest BCUT2D eigenvalue weighted by molar-refractivity contribution is -0.136. The van der Waals surface area contributed by atoms with Crippen molar-refractivity contribution < 1.29 is 9.90 Å². The van der Waals surface area contributed by atoms with Crippen molar-refractivity contribution in [1.82, 2.24) is 10.7 Å². The zero-order valence-electron chi connectivity index (χ0n) is 11.0.